The normalized spacial score (nSPS) is 11.0. The quantitative estimate of drug-likeness (QED) is 0.844. The molecule has 8 heteroatoms. The number of ether oxygens (including phenoxy) is 1. The van der Waals surface area contributed by atoms with Crippen molar-refractivity contribution in [3.8, 4) is 0 Å². The number of nitrogens with one attached hydrogen (secondary N) is 1. The van der Waals surface area contributed by atoms with Crippen LogP contribution in [0.3, 0.4) is 0 Å². The van der Waals surface area contributed by atoms with Crippen LogP contribution in [0, 0.1) is 0 Å². The Balaban J connectivity index is 2.25. The van der Waals surface area contributed by atoms with Crippen molar-refractivity contribution in [2.75, 3.05) is 11.9 Å². The number of rotatable bonds is 5. The van der Waals surface area contributed by atoms with Crippen molar-refractivity contribution in [1.82, 2.24) is 4.98 Å². The van der Waals surface area contributed by atoms with Crippen LogP contribution in [-0.4, -0.2) is 23.3 Å². The summed E-state index contributed by atoms with van der Waals surface area (Å²) in [7, 11) is 0. The number of benzene rings is 1. The first-order chi connectivity index (χ1) is 11.3. The molecule has 0 bridgehead atoms. The average molecular weight is 338 g/mol. The molecule has 24 heavy (non-hydrogen) atoms. The monoisotopic (exact) mass is 338 g/mol. The largest absolute Gasteiger partial charge is 0.454 e. The summed E-state index contributed by atoms with van der Waals surface area (Å²) in [5, 5.41) is 2.66. The third kappa shape index (κ3) is 4.55. The Morgan fingerprint density at radius 3 is 2.62 bits per heavy atom. The number of aromatic nitrogens is 1. The van der Waals surface area contributed by atoms with Gasteiger partial charge in [-0.1, -0.05) is 6.07 Å². The van der Waals surface area contributed by atoms with Crippen LogP contribution in [0.1, 0.15) is 22.8 Å². The lowest BCUT2D eigenvalue weighted by molar-refractivity contribution is -0.137. The number of hydrogen-bond donors (Lipinski definition) is 1. The van der Waals surface area contributed by atoms with Gasteiger partial charge in [-0.3, -0.25) is 4.79 Å². The van der Waals surface area contributed by atoms with Gasteiger partial charge in [-0.05, 0) is 37.3 Å². The van der Waals surface area contributed by atoms with Gasteiger partial charge in [-0.15, -0.1) is 0 Å². The van der Waals surface area contributed by atoms with Crippen molar-refractivity contribution in [3.05, 3.63) is 53.7 Å². The molecule has 5 nitrogen and oxygen atoms in total. The fraction of sp³-hybridized carbons (Fsp3) is 0.188. The number of nitrogens with zero attached hydrogens (tertiary/aromatic N) is 1. The Kier molecular flexibility index (Phi) is 5.18. The Morgan fingerprint density at radius 1 is 1.21 bits per heavy atom. The molecule has 0 amide bonds. The summed E-state index contributed by atoms with van der Waals surface area (Å²) in [5.41, 5.74) is -0.704. The van der Waals surface area contributed by atoms with Crippen molar-refractivity contribution in [3.63, 3.8) is 0 Å². The number of hydrogen-bond acceptors (Lipinski definition) is 5. The van der Waals surface area contributed by atoms with Crippen molar-refractivity contribution in [2.45, 2.75) is 13.1 Å². The molecule has 2 rings (SSSR count). The fourth-order valence-corrected chi connectivity index (χ4v) is 1.82. The highest BCUT2D eigenvalue weighted by Crippen LogP contribution is 2.31. The molecule has 0 atom stereocenters. The third-order valence-corrected chi connectivity index (χ3v) is 2.89. The molecule has 1 N–H and O–H groups in total. The number of carbonyl (C=O) groups excluding carboxylic acids is 2. The maximum absolute atomic E-state index is 12.7. The molecule has 0 spiro atoms. The third-order valence-electron chi connectivity index (χ3n) is 2.89. The molecule has 0 radical (unpaired) electrons. The fourth-order valence-electron chi connectivity index (χ4n) is 1.82. The minimum Gasteiger partial charge on any atom is -0.454 e. The van der Waals surface area contributed by atoms with Gasteiger partial charge in [0.05, 0.1) is 5.56 Å². The van der Waals surface area contributed by atoms with Crippen LogP contribution in [-0.2, 0) is 15.7 Å². The highest BCUT2D eigenvalue weighted by Gasteiger charge is 2.30. The van der Waals surface area contributed by atoms with Gasteiger partial charge in [-0.25, -0.2) is 9.78 Å². The van der Waals surface area contributed by atoms with E-state index in [0.29, 0.717) is 0 Å². The van der Waals surface area contributed by atoms with E-state index in [0.717, 1.165) is 12.1 Å². The number of pyridine rings is 1. The number of esters is 1. The van der Waals surface area contributed by atoms with Crippen LogP contribution in [0.15, 0.2) is 42.6 Å². The second kappa shape index (κ2) is 7.12. The van der Waals surface area contributed by atoms with E-state index in [1.807, 2.05) is 0 Å². The van der Waals surface area contributed by atoms with Crippen molar-refractivity contribution in [1.29, 1.82) is 0 Å². The van der Waals surface area contributed by atoms with Crippen LogP contribution in [0.2, 0.25) is 0 Å². The van der Waals surface area contributed by atoms with E-state index in [9.17, 15) is 22.8 Å². The number of ketones is 1. The minimum absolute atomic E-state index is 0.0103. The molecule has 0 fully saturated rings. The number of halogens is 3. The summed E-state index contributed by atoms with van der Waals surface area (Å²) in [4.78, 5) is 26.8. The molecule has 0 aliphatic heterocycles. The maximum atomic E-state index is 12.7. The summed E-state index contributed by atoms with van der Waals surface area (Å²) in [6.07, 6.45) is -3.11. The van der Waals surface area contributed by atoms with E-state index in [-0.39, 0.29) is 22.9 Å². The summed E-state index contributed by atoms with van der Waals surface area (Å²) >= 11 is 0. The second-order valence-corrected chi connectivity index (χ2v) is 4.88. The lowest BCUT2D eigenvalue weighted by atomic mass is 10.2. The van der Waals surface area contributed by atoms with E-state index < -0.39 is 24.3 Å². The molecule has 0 saturated heterocycles. The summed E-state index contributed by atoms with van der Waals surface area (Å²) < 4.78 is 43.0. The summed E-state index contributed by atoms with van der Waals surface area (Å²) in [5.74, 6) is -1.10. The van der Waals surface area contributed by atoms with Gasteiger partial charge in [0.15, 0.2) is 5.78 Å². The number of Topliss-reactive ketones (excluding diaryl/α,β-unsaturated/α-hetero) is 1. The molecule has 0 aliphatic rings. The van der Waals surface area contributed by atoms with Crippen molar-refractivity contribution >= 4 is 23.3 Å². The Labute approximate surface area is 135 Å². The van der Waals surface area contributed by atoms with Crippen LogP contribution in [0.5, 0.6) is 0 Å². The zero-order chi connectivity index (χ0) is 17.7. The van der Waals surface area contributed by atoms with E-state index in [2.05, 4.69) is 10.3 Å². The number of carbonyl (C=O) groups is 2. The topological polar surface area (TPSA) is 68.3 Å². The van der Waals surface area contributed by atoms with Gasteiger partial charge in [0, 0.05) is 11.9 Å². The summed E-state index contributed by atoms with van der Waals surface area (Å²) in [6.45, 7) is 0.870. The van der Waals surface area contributed by atoms with Crippen LogP contribution < -0.4 is 5.32 Å². The predicted molar refractivity (Wildman–Crippen MR) is 79.9 cm³/mol. The molecule has 0 unspecified atom stereocenters. The van der Waals surface area contributed by atoms with E-state index in [1.165, 1.54) is 37.4 Å². The van der Waals surface area contributed by atoms with Crippen LogP contribution in [0.4, 0.5) is 24.7 Å². The van der Waals surface area contributed by atoms with E-state index in [1.54, 1.807) is 0 Å². The number of alkyl halides is 3. The minimum atomic E-state index is -4.48. The molecule has 2 aromatic rings. The molecular formula is C16H13F3N2O3. The van der Waals surface area contributed by atoms with Crippen LogP contribution >= 0.6 is 0 Å². The highest BCUT2D eigenvalue weighted by atomic mass is 19.4. The molecule has 126 valence electrons. The van der Waals surface area contributed by atoms with Gasteiger partial charge in [0.25, 0.3) is 0 Å². The number of anilines is 2. The zero-order valence-electron chi connectivity index (χ0n) is 12.6. The lowest BCUT2D eigenvalue weighted by Gasteiger charge is -2.12. The predicted octanol–water partition coefficient (Wildman–Crippen LogP) is 3.59. The standard InChI is InChI=1S/C16H13F3N2O3/c1-10(22)9-24-15(23)13-6-3-7-20-14(13)21-12-5-2-4-11(8-12)16(17,18)19/h2-8H,9H2,1H3,(H,20,21). The molecule has 1 aromatic carbocycles. The Hall–Kier alpha value is -2.90. The smallest absolute Gasteiger partial charge is 0.416 e. The van der Waals surface area contributed by atoms with Gasteiger partial charge >= 0.3 is 12.1 Å². The molecule has 0 aliphatic carbocycles. The average Bonchev–Trinajstić information content (AvgIpc) is 2.52. The molecule has 1 aromatic heterocycles. The SMILES string of the molecule is CC(=O)COC(=O)c1cccnc1Nc1cccc(C(F)(F)F)c1. The van der Waals surface area contributed by atoms with Crippen molar-refractivity contribution in [2.24, 2.45) is 0 Å². The summed E-state index contributed by atoms with van der Waals surface area (Å²) in [6, 6.07) is 7.36. The first kappa shape index (κ1) is 17.5. The van der Waals surface area contributed by atoms with Gasteiger partial charge in [0.2, 0.25) is 0 Å². The van der Waals surface area contributed by atoms with E-state index >= 15 is 0 Å². The van der Waals surface area contributed by atoms with Gasteiger partial charge in [-0.2, -0.15) is 13.2 Å². The first-order valence-electron chi connectivity index (χ1n) is 6.83. The van der Waals surface area contributed by atoms with Crippen molar-refractivity contribution < 1.29 is 27.5 Å². The first-order valence-corrected chi connectivity index (χ1v) is 6.83. The zero-order valence-corrected chi connectivity index (χ0v) is 12.6. The van der Waals surface area contributed by atoms with E-state index in [4.69, 9.17) is 4.74 Å². The van der Waals surface area contributed by atoms with Gasteiger partial charge < -0.3 is 10.1 Å². The molecule has 1 heterocycles. The maximum Gasteiger partial charge on any atom is 0.416 e. The Bertz CT molecular complexity index is 760. The Morgan fingerprint density at radius 2 is 1.96 bits per heavy atom. The second-order valence-electron chi connectivity index (χ2n) is 4.88. The van der Waals surface area contributed by atoms with Gasteiger partial charge in [0.1, 0.15) is 18.0 Å². The van der Waals surface area contributed by atoms with Crippen LogP contribution in [0.25, 0.3) is 0 Å². The highest BCUT2D eigenvalue weighted by molar-refractivity contribution is 5.96. The molecular weight excluding hydrogens is 325 g/mol. The molecule has 0 saturated carbocycles. The lowest BCUT2D eigenvalue weighted by Crippen LogP contribution is -2.13.